The first-order valence-corrected chi connectivity index (χ1v) is 13.2. The Morgan fingerprint density at radius 3 is 2.19 bits per heavy atom. The summed E-state index contributed by atoms with van der Waals surface area (Å²) in [6.45, 7) is 9.27. The lowest BCUT2D eigenvalue weighted by Crippen LogP contribution is -2.40. The summed E-state index contributed by atoms with van der Waals surface area (Å²) in [5.74, 6) is -0.222. The third-order valence-corrected chi connectivity index (χ3v) is 7.16. The lowest BCUT2D eigenvalue weighted by molar-refractivity contribution is -0.117. The molecule has 3 rings (SSSR count). The number of carbonyl (C=O) groups is 1. The van der Waals surface area contributed by atoms with Gasteiger partial charge in [-0.2, -0.15) is 5.26 Å². The molecule has 0 saturated heterocycles. The van der Waals surface area contributed by atoms with Gasteiger partial charge in [-0.25, -0.2) is 13.1 Å². The Balaban J connectivity index is 1.80. The second-order valence-electron chi connectivity index (χ2n) is 9.98. The molecule has 1 amide bonds. The van der Waals surface area contributed by atoms with Crippen molar-refractivity contribution in [2.75, 3.05) is 10.6 Å². The SMILES string of the molecule is CC(C)C(Nc1cccc(C#N)c1)C(=O)Nc1ccc(-c2ccccc2S(=O)(=O)NC(C)(C)C)cc1. The van der Waals surface area contributed by atoms with Gasteiger partial charge in [-0.15, -0.1) is 0 Å². The topological polar surface area (TPSA) is 111 Å². The molecule has 0 bridgehead atoms. The van der Waals surface area contributed by atoms with Crippen molar-refractivity contribution in [3.8, 4) is 17.2 Å². The fourth-order valence-electron chi connectivity index (χ4n) is 3.74. The number of rotatable bonds is 8. The predicted octanol–water partition coefficient (Wildman–Crippen LogP) is 5.38. The number of nitrogens with zero attached hydrogens (tertiary/aromatic N) is 1. The Labute approximate surface area is 213 Å². The maximum absolute atomic E-state index is 13.1. The van der Waals surface area contributed by atoms with Crippen LogP contribution in [0.2, 0.25) is 0 Å². The fraction of sp³-hybridized carbons (Fsp3) is 0.286. The van der Waals surface area contributed by atoms with Crippen molar-refractivity contribution in [3.05, 3.63) is 78.4 Å². The molecule has 0 aromatic heterocycles. The van der Waals surface area contributed by atoms with Crippen LogP contribution in [0.5, 0.6) is 0 Å². The second kappa shape index (κ2) is 10.9. The smallest absolute Gasteiger partial charge is 0.247 e. The van der Waals surface area contributed by atoms with Gasteiger partial charge in [0.1, 0.15) is 6.04 Å². The molecule has 3 aromatic carbocycles. The molecule has 188 valence electrons. The molecule has 0 aliphatic carbocycles. The van der Waals surface area contributed by atoms with E-state index in [-0.39, 0.29) is 16.7 Å². The third-order valence-electron chi connectivity index (χ3n) is 5.34. The van der Waals surface area contributed by atoms with E-state index < -0.39 is 21.6 Å². The number of benzene rings is 3. The Morgan fingerprint density at radius 1 is 0.917 bits per heavy atom. The second-order valence-corrected chi connectivity index (χ2v) is 11.6. The Kier molecular flexibility index (Phi) is 8.18. The highest BCUT2D eigenvalue weighted by Gasteiger charge is 2.25. The molecule has 1 unspecified atom stereocenters. The molecule has 36 heavy (non-hydrogen) atoms. The van der Waals surface area contributed by atoms with E-state index in [1.807, 2.05) is 19.9 Å². The maximum Gasteiger partial charge on any atom is 0.247 e. The summed E-state index contributed by atoms with van der Waals surface area (Å²) in [5.41, 5.74) is 2.48. The van der Waals surface area contributed by atoms with Gasteiger partial charge in [-0.3, -0.25) is 4.79 Å². The van der Waals surface area contributed by atoms with Gasteiger partial charge in [0.05, 0.1) is 16.5 Å². The molecule has 1 atom stereocenters. The molecular weight excluding hydrogens is 472 g/mol. The molecule has 0 spiro atoms. The van der Waals surface area contributed by atoms with Crippen LogP contribution in [0.15, 0.2) is 77.7 Å². The molecule has 3 N–H and O–H groups in total. The fourth-order valence-corrected chi connectivity index (χ4v) is 5.39. The van der Waals surface area contributed by atoms with Crippen LogP contribution in [-0.2, 0) is 14.8 Å². The molecule has 0 saturated carbocycles. The summed E-state index contributed by atoms with van der Waals surface area (Å²) in [6, 6.07) is 22.5. The first-order valence-electron chi connectivity index (χ1n) is 11.7. The minimum Gasteiger partial charge on any atom is -0.373 e. The van der Waals surface area contributed by atoms with Crippen molar-refractivity contribution >= 4 is 27.3 Å². The first-order chi connectivity index (χ1) is 16.9. The third kappa shape index (κ3) is 6.94. The normalized spacial score (nSPS) is 12.6. The summed E-state index contributed by atoms with van der Waals surface area (Å²) in [5, 5.41) is 15.3. The van der Waals surface area contributed by atoms with Crippen LogP contribution in [0.25, 0.3) is 11.1 Å². The van der Waals surface area contributed by atoms with Gasteiger partial charge in [0.25, 0.3) is 0 Å². The average molecular weight is 505 g/mol. The minimum absolute atomic E-state index is 0.0117. The summed E-state index contributed by atoms with van der Waals surface area (Å²) in [4.78, 5) is 13.3. The number of nitrogens with one attached hydrogen (secondary N) is 3. The standard InChI is InChI=1S/C28H32N4O3S/c1-19(2)26(30-23-10-8-9-20(17-23)18-29)27(33)31-22-15-13-21(14-16-22)24-11-6-7-12-25(24)36(34,35)32-28(3,4)5/h6-17,19,26,30,32H,1-5H3,(H,31,33). The summed E-state index contributed by atoms with van der Waals surface area (Å²) in [7, 11) is -3.73. The number of nitriles is 1. The van der Waals surface area contributed by atoms with Crippen LogP contribution in [0.4, 0.5) is 11.4 Å². The lowest BCUT2D eigenvalue weighted by Gasteiger charge is -2.23. The maximum atomic E-state index is 13.1. The van der Waals surface area contributed by atoms with E-state index in [9.17, 15) is 13.2 Å². The van der Waals surface area contributed by atoms with E-state index in [4.69, 9.17) is 5.26 Å². The first kappa shape index (κ1) is 26.9. The number of sulfonamides is 1. The molecule has 8 heteroatoms. The van der Waals surface area contributed by atoms with E-state index >= 15 is 0 Å². The van der Waals surface area contributed by atoms with Crippen molar-refractivity contribution in [1.29, 1.82) is 5.26 Å². The molecule has 3 aromatic rings. The van der Waals surface area contributed by atoms with Gasteiger partial charge < -0.3 is 10.6 Å². The van der Waals surface area contributed by atoms with Crippen LogP contribution in [0.1, 0.15) is 40.2 Å². The van der Waals surface area contributed by atoms with Crippen molar-refractivity contribution < 1.29 is 13.2 Å². The van der Waals surface area contributed by atoms with Crippen LogP contribution in [0.3, 0.4) is 0 Å². The quantitative estimate of drug-likeness (QED) is 0.382. The monoisotopic (exact) mass is 504 g/mol. The Morgan fingerprint density at radius 2 is 1.58 bits per heavy atom. The minimum atomic E-state index is -3.73. The summed E-state index contributed by atoms with van der Waals surface area (Å²) < 4.78 is 28.7. The van der Waals surface area contributed by atoms with Gasteiger partial charge >= 0.3 is 0 Å². The van der Waals surface area contributed by atoms with Crippen LogP contribution in [-0.4, -0.2) is 25.9 Å². The number of amides is 1. The van der Waals surface area contributed by atoms with Crippen LogP contribution < -0.4 is 15.4 Å². The average Bonchev–Trinajstić information content (AvgIpc) is 2.81. The van der Waals surface area contributed by atoms with Crippen molar-refractivity contribution in [2.45, 2.75) is 51.1 Å². The van der Waals surface area contributed by atoms with Crippen LogP contribution in [0, 0.1) is 17.2 Å². The zero-order valence-corrected chi connectivity index (χ0v) is 22.0. The van der Waals surface area contributed by atoms with E-state index in [1.54, 1.807) is 87.5 Å². The molecule has 0 aliphatic rings. The van der Waals surface area contributed by atoms with Crippen molar-refractivity contribution in [3.63, 3.8) is 0 Å². The number of hydrogen-bond acceptors (Lipinski definition) is 5. The highest BCUT2D eigenvalue weighted by atomic mass is 32.2. The zero-order chi connectivity index (χ0) is 26.5. The van der Waals surface area contributed by atoms with Gasteiger partial charge in [-0.1, -0.05) is 50.2 Å². The van der Waals surface area contributed by atoms with Crippen molar-refractivity contribution in [1.82, 2.24) is 4.72 Å². The molecular formula is C28H32N4O3S. The number of hydrogen-bond donors (Lipinski definition) is 3. The molecule has 0 radical (unpaired) electrons. The number of anilines is 2. The zero-order valence-electron chi connectivity index (χ0n) is 21.2. The largest absolute Gasteiger partial charge is 0.373 e. The Bertz CT molecular complexity index is 1370. The van der Waals surface area contributed by atoms with E-state index in [1.165, 1.54) is 0 Å². The highest BCUT2D eigenvalue weighted by molar-refractivity contribution is 7.89. The lowest BCUT2D eigenvalue weighted by atomic mass is 10.0. The van der Waals surface area contributed by atoms with E-state index in [2.05, 4.69) is 21.4 Å². The molecule has 0 aliphatic heterocycles. The van der Waals surface area contributed by atoms with Gasteiger partial charge in [0, 0.05) is 22.5 Å². The summed E-state index contributed by atoms with van der Waals surface area (Å²) >= 11 is 0. The summed E-state index contributed by atoms with van der Waals surface area (Å²) in [6.07, 6.45) is 0. The van der Waals surface area contributed by atoms with Crippen LogP contribution >= 0.6 is 0 Å². The highest BCUT2D eigenvalue weighted by Crippen LogP contribution is 2.29. The molecule has 0 fully saturated rings. The predicted molar refractivity (Wildman–Crippen MR) is 144 cm³/mol. The Hall–Kier alpha value is -3.67. The van der Waals surface area contributed by atoms with E-state index in [0.29, 0.717) is 22.5 Å². The molecule has 0 heterocycles. The molecule has 7 nitrogen and oxygen atoms in total. The van der Waals surface area contributed by atoms with Gasteiger partial charge in [-0.05, 0) is 68.7 Å². The van der Waals surface area contributed by atoms with E-state index in [0.717, 1.165) is 5.56 Å². The van der Waals surface area contributed by atoms with Gasteiger partial charge in [0.15, 0.2) is 0 Å². The van der Waals surface area contributed by atoms with Crippen molar-refractivity contribution in [2.24, 2.45) is 5.92 Å². The number of carbonyl (C=O) groups excluding carboxylic acids is 1. The van der Waals surface area contributed by atoms with Gasteiger partial charge in [0.2, 0.25) is 15.9 Å².